The van der Waals surface area contributed by atoms with E-state index in [1.165, 1.54) is 16.8 Å². The highest BCUT2D eigenvalue weighted by Gasteiger charge is 2.33. The number of hydrogen-bond acceptors (Lipinski definition) is 3. The van der Waals surface area contributed by atoms with Crippen molar-refractivity contribution in [1.82, 2.24) is 9.55 Å². The Hall–Kier alpha value is -2.04. The molecular formula is C12H14N2O3. The molecule has 0 saturated carbocycles. The standard InChI is InChI=1S/C12H14N2O3/c1-7(2)9-6-8(3)17-11(9)14-5-4-10(15)13-12(14)16/h4-5,9,11H,1,3,6H2,2H3,(H,13,15,16). The van der Waals surface area contributed by atoms with Crippen molar-refractivity contribution in [1.29, 1.82) is 0 Å². The molecule has 1 aliphatic rings. The molecule has 0 bridgehead atoms. The van der Waals surface area contributed by atoms with Crippen LogP contribution in [0.3, 0.4) is 0 Å². The second-order valence-electron chi connectivity index (χ2n) is 4.22. The van der Waals surface area contributed by atoms with Crippen LogP contribution in [0.2, 0.25) is 0 Å². The van der Waals surface area contributed by atoms with Gasteiger partial charge in [0.2, 0.25) is 0 Å². The molecule has 2 unspecified atom stereocenters. The lowest BCUT2D eigenvalue weighted by Gasteiger charge is -2.19. The highest BCUT2D eigenvalue weighted by molar-refractivity contribution is 5.09. The number of H-pyrrole nitrogens is 1. The van der Waals surface area contributed by atoms with Crippen LogP contribution in [0.5, 0.6) is 0 Å². The molecule has 0 radical (unpaired) electrons. The highest BCUT2D eigenvalue weighted by Crippen LogP contribution is 2.38. The van der Waals surface area contributed by atoms with Crippen LogP contribution in [-0.2, 0) is 4.74 Å². The maximum absolute atomic E-state index is 11.7. The Kier molecular flexibility index (Phi) is 2.75. The van der Waals surface area contributed by atoms with Gasteiger partial charge in [0.25, 0.3) is 5.56 Å². The lowest BCUT2D eigenvalue weighted by molar-refractivity contribution is 0.0713. The largest absolute Gasteiger partial charge is 0.474 e. The van der Waals surface area contributed by atoms with Crippen molar-refractivity contribution in [3.63, 3.8) is 0 Å². The topological polar surface area (TPSA) is 64.1 Å². The molecule has 90 valence electrons. The molecule has 17 heavy (non-hydrogen) atoms. The van der Waals surface area contributed by atoms with E-state index in [0.29, 0.717) is 12.2 Å². The molecule has 1 aliphatic heterocycles. The van der Waals surface area contributed by atoms with Crippen molar-refractivity contribution in [2.45, 2.75) is 19.6 Å². The lowest BCUT2D eigenvalue weighted by Crippen LogP contribution is -2.33. The van der Waals surface area contributed by atoms with Crippen molar-refractivity contribution in [3.8, 4) is 0 Å². The molecule has 1 aromatic rings. The number of nitrogens with zero attached hydrogens (tertiary/aromatic N) is 1. The summed E-state index contributed by atoms with van der Waals surface area (Å²) in [7, 11) is 0. The van der Waals surface area contributed by atoms with Gasteiger partial charge in [-0.25, -0.2) is 4.79 Å². The van der Waals surface area contributed by atoms with Gasteiger partial charge in [-0.15, -0.1) is 0 Å². The Morgan fingerprint density at radius 1 is 1.59 bits per heavy atom. The summed E-state index contributed by atoms with van der Waals surface area (Å²) in [5, 5.41) is 0. The summed E-state index contributed by atoms with van der Waals surface area (Å²) in [4.78, 5) is 24.9. The molecule has 0 aromatic carbocycles. The fourth-order valence-electron chi connectivity index (χ4n) is 1.94. The summed E-state index contributed by atoms with van der Waals surface area (Å²) in [5.41, 5.74) is 0.0187. The van der Waals surface area contributed by atoms with Gasteiger partial charge in [-0.2, -0.15) is 0 Å². The van der Waals surface area contributed by atoms with Crippen LogP contribution in [0, 0.1) is 5.92 Å². The molecule has 2 atom stereocenters. The molecule has 1 N–H and O–H groups in total. The molecule has 1 saturated heterocycles. The molecule has 0 spiro atoms. The average Bonchev–Trinajstić information content (AvgIpc) is 2.60. The van der Waals surface area contributed by atoms with Gasteiger partial charge in [-0.1, -0.05) is 18.7 Å². The summed E-state index contributed by atoms with van der Waals surface area (Å²) in [6, 6.07) is 1.29. The Bertz CT molecular complexity index is 582. The van der Waals surface area contributed by atoms with Crippen LogP contribution in [0.4, 0.5) is 0 Å². The Morgan fingerprint density at radius 3 is 2.88 bits per heavy atom. The maximum Gasteiger partial charge on any atom is 0.331 e. The van der Waals surface area contributed by atoms with Gasteiger partial charge in [0.05, 0.1) is 5.76 Å². The Morgan fingerprint density at radius 2 is 2.29 bits per heavy atom. The molecule has 2 rings (SSSR count). The maximum atomic E-state index is 11.7. The molecule has 0 aliphatic carbocycles. The van der Waals surface area contributed by atoms with Gasteiger partial charge < -0.3 is 4.74 Å². The number of hydrogen-bond donors (Lipinski definition) is 1. The van der Waals surface area contributed by atoms with Crippen LogP contribution < -0.4 is 11.2 Å². The molecule has 5 heteroatoms. The number of rotatable bonds is 2. The third-order valence-electron chi connectivity index (χ3n) is 2.84. The monoisotopic (exact) mass is 234 g/mol. The smallest absolute Gasteiger partial charge is 0.331 e. The highest BCUT2D eigenvalue weighted by atomic mass is 16.5. The van der Waals surface area contributed by atoms with Crippen LogP contribution in [0.15, 0.2) is 46.3 Å². The molecular weight excluding hydrogens is 220 g/mol. The number of ether oxygens (including phenoxy) is 1. The normalized spacial score (nSPS) is 23.5. The first kappa shape index (κ1) is 11.4. The van der Waals surface area contributed by atoms with Gasteiger partial charge in [-0.05, 0) is 6.92 Å². The van der Waals surface area contributed by atoms with Crippen LogP contribution in [0.1, 0.15) is 19.6 Å². The van der Waals surface area contributed by atoms with E-state index in [-0.39, 0.29) is 5.92 Å². The zero-order valence-electron chi connectivity index (χ0n) is 9.60. The summed E-state index contributed by atoms with van der Waals surface area (Å²) in [6.45, 7) is 9.53. The molecule has 0 amide bonds. The Balaban J connectivity index is 2.45. The zero-order chi connectivity index (χ0) is 12.6. The number of aromatic amines is 1. The summed E-state index contributed by atoms with van der Waals surface area (Å²) in [5.74, 6) is 0.632. The van der Waals surface area contributed by atoms with E-state index in [9.17, 15) is 9.59 Å². The summed E-state index contributed by atoms with van der Waals surface area (Å²) >= 11 is 0. The minimum Gasteiger partial charge on any atom is -0.474 e. The number of aromatic nitrogens is 2. The van der Waals surface area contributed by atoms with Crippen molar-refractivity contribution in [3.05, 3.63) is 57.6 Å². The van der Waals surface area contributed by atoms with Gasteiger partial charge in [0.1, 0.15) is 0 Å². The number of allylic oxidation sites excluding steroid dienone is 1. The predicted octanol–water partition coefficient (Wildman–Crippen LogP) is 1.16. The summed E-state index contributed by atoms with van der Waals surface area (Å²) < 4.78 is 6.89. The SMILES string of the molecule is C=C1CC(C(=C)C)C(n2ccc(=O)[nH]c2=O)O1. The number of nitrogens with one attached hydrogen (secondary N) is 1. The van der Waals surface area contributed by atoms with E-state index in [4.69, 9.17) is 4.74 Å². The quantitative estimate of drug-likeness (QED) is 0.781. The molecule has 5 nitrogen and oxygen atoms in total. The first-order chi connectivity index (χ1) is 7.99. The minimum atomic E-state index is -0.483. The predicted molar refractivity (Wildman–Crippen MR) is 63.5 cm³/mol. The van der Waals surface area contributed by atoms with Crippen molar-refractivity contribution in [2.24, 2.45) is 5.92 Å². The molecule has 2 heterocycles. The fraction of sp³-hybridized carbons (Fsp3) is 0.333. The first-order valence-electron chi connectivity index (χ1n) is 5.30. The van der Waals surface area contributed by atoms with E-state index in [2.05, 4.69) is 18.1 Å². The zero-order valence-corrected chi connectivity index (χ0v) is 9.60. The van der Waals surface area contributed by atoms with E-state index in [1.54, 1.807) is 0 Å². The van der Waals surface area contributed by atoms with E-state index in [1.807, 2.05) is 6.92 Å². The third-order valence-corrected chi connectivity index (χ3v) is 2.84. The van der Waals surface area contributed by atoms with Crippen LogP contribution >= 0.6 is 0 Å². The van der Waals surface area contributed by atoms with Crippen LogP contribution in [0.25, 0.3) is 0 Å². The van der Waals surface area contributed by atoms with E-state index < -0.39 is 17.5 Å². The summed E-state index contributed by atoms with van der Waals surface area (Å²) in [6.07, 6.45) is 1.61. The Labute approximate surface area is 98.1 Å². The fourth-order valence-corrected chi connectivity index (χ4v) is 1.94. The van der Waals surface area contributed by atoms with E-state index >= 15 is 0 Å². The van der Waals surface area contributed by atoms with Crippen LogP contribution in [-0.4, -0.2) is 9.55 Å². The third kappa shape index (κ3) is 2.08. The van der Waals surface area contributed by atoms with Gasteiger partial charge in [-0.3, -0.25) is 14.3 Å². The first-order valence-corrected chi connectivity index (χ1v) is 5.30. The van der Waals surface area contributed by atoms with Gasteiger partial charge in [0.15, 0.2) is 6.23 Å². The van der Waals surface area contributed by atoms with Crippen molar-refractivity contribution in [2.75, 3.05) is 0 Å². The lowest BCUT2D eigenvalue weighted by atomic mass is 9.98. The van der Waals surface area contributed by atoms with Crippen molar-refractivity contribution >= 4 is 0 Å². The van der Waals surface area contributed by atoms with E-state index in [0.717, 1.165) is 5.57 Å². The van der Waals surface area contributed by atoms with Gasteiger partial charge in [0, 0.05) is 24.6 Å². The van der Waals surface area contributed by atoms with Gasteiger partial charge >= 0.3 is 5.69 Å². The van der Waals surface area contributed by atoms with Crippen molar-refractivity contribution < 1.29 is 4.74 Å². The second-order valence-corrected chi connectivity index (χ2v) is 4.22. The minimum absolute atomic E-state index is 0.00565. The average molecular weight is 234 g/mol. The molecule has 1 fully saturated rings. The molecule has 1 aromatic heterocycles. The second kappa shape index (κ2) is 4.08.